The molecule has 8 heterocycles. The van der Waals surface area contributed by atoms with Crippen LogP contribution in [0.2, 0.25) is 0 Å². The molecule has 3 saturated heterocycles. The maximum atomic E-state index is 17.1. The lowest BCUT2D eigenvalue weighted by Gasteiger charge is -2.40. The van der Waals surface area contributed by atoms with Gasteiger partial charge in [-0.2, -0.15) is 0 Å². The summed E-state index contributed by atoms with van der Waals surface area (Å²) in [5.74, 6) is 1.23. The Labute approximate surface area is 438 Å². The van der Waals surface area contributed by atoms with Crippen LogP contribution >= 0.6 is 11.3 Å². The van der Waals surface area contributed by atoms with E-state index < -0.39 is 41.9 Å². The van der Waals surface area contributed by atoms with Crippen molar-refractivity contribution in [1.82, 2.24) is 49.9 Å². The number of likely N-dealkylation sites (tertiary alicyclic amines) is 2. The summed E-state index contributed by atoms with van der Waals surface area (Å²) < 4.78 is 41.8. The molecule has 0 bridgehead atoms. The van der Waals surface area contributed by atoms with E-state index in [-0.39, 0.29) is 41.8 Å². The fourth-order valence-corrected chi connectivity index (χ4v) is 13.1. The van der Waals surface area contributed by atoms with Gasteiger partial charge in [-0.3, -0.25) is 14.2 Å². The zero-order valence-electron chi connectivity index (χ0n) is 43.6. The molecule has 1 saturated carbocycles. The van der Waals surface area contributed by atoms with E-state index in [4.69, 9.17) is 33.9 Å². The van der Waals surface area contributed by atoms with Crippen molar-refractivity contribution in [2.75, 3.05) is 27.4 Å². The number of imidazole rings is 2. The van der Waals surface area contributed by atoms with Gasteiger partial charge in [0, 0.05) is 48.3 Å². The van der Waals surface area contributed by atoms with Crippen LogP contribution in [0.15, 0.2) is 55.0 Å². The van der Waals surface area contributed by atoms with Gasteiger partial charge in [0.2, 0.25) is 18.0 Å². The van der Waals surface area contributed by atoms with Crippen LogP contribution in [0.5, 0.6) is 5.75 Å². The number of carbonyl (C=O) groups excluding carboxylic acids is 4. The SMILES string of the molecule is COC(=O)NC(C(=O)N1C2CC2C[C@H]1c1ncc(-c2ccc3c(c2)cc2n3C(c3cnc(CC(C)C)s3)Oc3cc(-c4cnc([C@@H]5CCCN5C(=O)[C@@H](NC(=O)OC)C(C)C)[nH]4)cc(F)c3-2)[nH]1)C1CCOC(C)(C)C1. The van der Waals surface area contributed by atoms with E-state index in [1.807, 2.05) is 67.6 Å². The Morgan fingerprint density at radius 3 is 2.33 bits per heavy atom. The number of rotatable bonds is 13. The molecule has 4 aliphatic heterocycles. The van der Waals surface area contributed by atoms with Crippen molar-refractivity contribution in [3.63, 3.8) is 0 Å². The summed E-state index contributed by atoms with van der Waals surface area (Å²) in [7, 11) is 2.58. The lowest BCUT2D eigenvalue weighted by Crippen LogP contribution is -2.55. The minimum Gasteiger partial charge on any atom is -0.464 e. The number of nitrogens with zero attached hydrogens (tertiary/aromatic N) is 6. The summed E-state index contributed by atoms with van der Waals surface area (Å²) in [4.78, 5) is 79.3. The molecule has 8 atom stereocenters. The lowest BCUT2D eigenvalue weighted by atomic mass is 9.82. The van der Waals surface area contributed by atoms with Crippen molar-refractivity contribution in [3.05, 3.63) is 82.3 Å². The molecule has 1 aliphatic carbocycles. The van der Waals surface area contributed by atoms with Gasteiger partial charge in [-0.25, -0.2) is 28.9 Å². The summed E-state index contributed by atoms with van der Waals surface area (Å²) in [5.41, 5.74) is 4.11. The number of carbonyl (C=O) groups is 4. The first-order valence-corrected chi connectivity index (χ1v) is 27.0. The molecule has 4 fully saturated rings. The second kappa shape index (κ2) is 19.7. The topological polar surface area (TPSA) is 211 Å². The highest BCUT2D eigenvalue weighted by Gasteiger charge is 2.57. The van der Waals surface area contributed by atoms with Crippen molar-refractivity contribution in [3.8, 4) is 39.5 Å². The van der Waals surface area contributed by atoms with Crippen molar-refractivity contribution in [1.29, 1.82) is 0 Å². The number of benzene rings is 2. The molecule has 18 nitrogen and oxygen atoms in total. The molecule has 6 aromatic rings. The largest absolute Gasteiger partial charge is 0.464 e. The zero-order valence-corrected chi connectivity index (χ0v) is 44.4. The Balaban J connectivity index is 0.902. The quantitative estimate of drug-likeness (QED) is 0.0856. The number of piperidine rings is 1. The van der Waals surface area contributed by atoms with Gasteiger partial charge in [-0.1, -0.05) is 33.8 Å². The minimum atomic E-state index is -0.779. The molecule has 5 aliphatic rings. The summed E-state index contributed by atoms with van der Waals surface area (Å²) in [6, 6.07) is 9.28. The third-order valence-electron chi connectivity index (χ3n) is 15.7. The predicted octanol–water partition coefficient (Wildman–Crippen LogP) is 9.46. The number of methoxy groups -OCH3 is 2. The number of ether oxygens (including phenoxy) is 4. The van der Waals surface area contributed by atoms with Gasteiger partial charge in [0.25, 0.3) is 0 Å². The fourth-order valence-electron chi connectivity index (χ4n) is 12.0. The molecule has 11 rings (SSSR count). The van der Waals surface area contributed by atoms with Gasteiger partial charge in [0.15, 0.2) is 0 Å². The van der Waals surface area contributed by atoms with Gasteiger partial charge in [-0.05, 0) is 106 Å². The number of hydrogen-bond donors (Lipinski definition) is 4. The van der Waals surface area contributed by atoms with Gasteiger partial charge in [0.05, 0.1) is 82.3 Å². The number of hydrogen-bond acceptors (Lipinski definition) is 12. The highest BCUT2D eigenvalue weighted by Crippen LogP contribution is 2.54. The Hall–Kier alpha value is -6.80. The number of aromatic nitrogens is 6. The first-order chi connectivity index (χ1) is 36.0. The van der Waals surface area contributed by atoms with E-state index in [9.17, 15) is 19.2 Å². The van der Waals surface area contributed by atoms with Crippen LogP contribution in [0.1, 0.15) is 120 Å². The molecule has 20 heteroatoms. The van der Waals surface area contributed by atoms with E-state index in [0.29, 0.717) is 84.2 Å². The average molecular weight is 1050 g/mol. The second-order valence-corrected chi connectivity index (χ2v) is 23.3. The lowest BCUT2D eigenvalue weighted by molar-refractivity contribution is -0.140. The summed E-state index contributed by atoms with van der Waals surface area (Å²) in [6.45, 7) is 13.1. The van der Waals surface area contributed by atoms with Crippen LogP contribution in [0.4, 0.5) is 14.0 Å². The molecule has 75 heavy (non-hydrogen) atoms. The number of thiazole rings is 1. The third kappa shape index (κ3) is 9.52. The van der Waals surface area contributed by atoms with Crippen molar-refractivity contribution in [2.45, 2.75) is 129 Å². The monoisotopic (exact) mass is 1040 g/mol. The van der Waals surface area contributed by atoms with E-state index in [0.717, 1.165) is 57.7 Å². The van der Waals surface area contributed by atoms with Crippen molar-refractivity contribution < 1.29 is 42.5 Å². The second-order valence-electron chi connectivity index (χ2n) is 22.2. The zero-order chi connectivity index (χ0) is 52.6. The van der Waals surface area contributed by atoms with Crippen LogP contribution < -0.4 is 15.4 Å². The Morgan fingerprint density at radius 1 is 0.880 bits per heavy atom. The van der Waals surface area contributed by atoms with E-state index in [1.54, 1.807) is 28.6 Å². The van der Waals surface area contributed by atoms with Crippen LogP contribution in [-0.2, 0) is 30.2 Å². The fraction of sp³-hybridized carbons (Fsp3) is 0.509. The normalized spacial score (nSPS) is 23.3. The van der Waals surface area contributed by atoms with Crippen molar-refractivity contribution in [2.24, 2.45) is 23.7 Å². The first-order valence-electron chi connectivity index (χ1n) is 26.1. The molecule has 4 N–H and O–H groups in total. The summed E-state index contributed by atoms with van der Waals surface area (Å²) in [6.07, 6.45) is 8.50. The highest BCUT2D eigenvalue weighted by molar-refractivity contribution is 7.11. The Bertz CT molecular complexity index is 3180. The summed E-state index contributed by atoms with van der Waals surface area (Å²) in [5, 5.41) is 7.43. The standard InChI is InChI=1S/C55H65FN10O8S/c1-27(2)16-44-57-26-43(75-44)52-66-37-12-11-29(35-24-59-49(60-35)41-21-33-19-39(33)65(41)51(68)47(63-54(70)72-8)30-13-15-73-55(5,6)23-30)17-32(37)20-40(66)45-34(56)18-31(22-42(45)74-52)36-25-58-48(61-36)38-10-9-14-64(38)50(67)46(28(3)4)62-53(69)71-7/h11-12,17-18,20,22,24-28,30,33,38-39,41,46-47,52H,9-10,13-16,19,21,23H2,1-8H3,(H,58,61)(H,59,60)(H,62,69)(H,63,70)/t30?,33?,38-,39?,41-,46-,47?,52?/m0/s1. The molecular weight excluding hydrogens is 980 g/mol. The highest BCUT2D eigenvalue weighted by atomic mass is 32.1. The van der Waals surface area contributed by atoms with Crippen LogP contribution in [0.25, 0.3) is 44.7 Å². The molecule has 0 spiro atoms. The van der Waals surface area contributed by atoms with E-state index >= 15 is 4.39 Å². The number of alkyl carbamates (subject to hydrolysis) is 2. The van der Waals surface area contributed by atoms with Gasteiger partial charge in [0.1, 0.15) is 35.3 Å². The van der Waals surface area contributed by atoms with Gasteiger partial charge >= 0.3 is 12.2 Å². The summed E-state index contributed by atoms with van der Waals surface area (Å²) >= 11 is 1.58. The van der Waals surface area contributed by atoms with E-state index in [2.05, 4.69) is 40.5 Å². The van der Waals surface area contributed by atoms with Gasteiger partial charge in [-0.15, -0.1) is 11.3 Å². The van der Waals surface area contributed by atoms with Crippen molar-refractivity contribution >= 4 is 46.2 Å². The maximum absolute atomic E-state index is 17.1. The molecule has 5 unspecified atom stereocenters. The molecule has 0 radical (unpaired) electrons. The number of fused-ring (bicyclic) bond motifs is 6. The van der Waals surface area contributed by atoms with Gasteiger partial charge < -0.3 is 49.3 Å². The molecular formula is C55H65FN10O8S. The predicted molar refractivity (Wildman–Crippen MR) is 278 cm³/mol. The smallest absolute Gasteiger partial charge is 0.407 e. The Morgan fingerprint density at radius 2 is 1.61 bits per heavy atom. The average Bonchev–Trinajstić information content (AvgIpc) is 4.15. The minimum absolute atomic E-state index is 0.0725. The number of amides is 4. The molecule has 4 amide bonds. The first kappa shape index (κ1) is 50.4. The molecule has 2 aromatic carbocycles. The number of aromatic amines is 2. The number of H-pyrrole nitrogens is 2. The number of halogens is 1. The molecule has 4 aromatic heterocycles. The maximum Gasteiger partial charge on any atom is 0.407 e. The molecule has 396 valence electrons. The number of nitrogens with one attached hydrogen (secondary N) is 4. The van der Waals surface area contributed by atoms with E-state index in [1.165, 1.54) is 20.3 Å². The third-order valence-corrected chi connectivity index (χ3v) is 16.7. The van der Waals surface area contributed by atoms with Crippen LogP contribution in [-0.4, -0.2) is 114 Å². The Kier molecular flexibility index (Phi) is 13.2. The van der Waals surface area contributed by atoms with Crippen LogP contribution in [0.3, 0.4) is 0 Å². The van der Waals surface area contributed by atoms with Crippen LogP contribution in [0, 0.1) is 29.5 Å².